The Balaban J connectivity index is 4.04. The Hall–Kier alpha value is -0.170. The molecule has 1 atom stereocenters. The van der Waals surface area contributed by atoms with Gasteiger partial charge in [0, 0.05) is 19.8 Å². The van der Waals surface area contributed by atoms with Crippen LogP contribution < -0.4 is 4.72 Å². The average molecular weight is 225 g/mol. The van der Waals surface area contributed by atoms with E-state index in [0.717, 1.165) is 0 Å². The number of hydrogen-bond donors (Lipinski definition) is 2. The maximum Gasteiger partial charge on any atom is 0.214 e. The first kappa shape index (κ1) is 13.8. The molecule has 6 heteroatoms. The third-order valence-electron chi connectivity index (χ3n) is 1.87. The lowest BCUT2D eigenvalue weighted by molar-refractivity contribution is 0.216. The molecule has 0 saturated carbocycles. The Bertz CT molecular complexity index is 227. The van der Waals surface area contributed by atoms with Crippen molar-refractivity contribution in [3.8, 4) is 0 Å². The van der Waals surface area contributed by atoms with Crippen molar-refractivity contribution in [1.82, 2.24) is 4.72 Å². The average Bonchev–Trinajstić information content (AvgIpc) is 2.14. The van der Waals surface area contributed by atoms with E-state index in [0.29, 0.717) is 12.8 Å². The van der Waals surface area contributed by atoms with E-state index in [1.807, 2.05) is 6.92 Å². The zero-order valence-corrected chi connectivity index (χ0v) is 9.51. The molecule has 0 aliphatic heterocycles. The molecule has 0 rings (SSSR count). The fraction of sp³-hybridized carbons (Fsp3) is 1.00. The van der Waals surface area contributed by atoms with E-state index >= 15 is 0 Å². The molecule has 2 N–H and O–H groups in total. The standard InChI is InChI=1S/C8H19NO4S/c1-3-8(4-5-10)9-14(11,12)7-6-13-2/h8-10H,3-7H2,1-2H3. The molecule has 0 aromatic rings. The van der Waals surface area contributed by atoms with E-state index < -0.39 is 10.0 Å². The molecule has 0 amide bonds. The van der Waals surface area contributed by atoms with Gasteiger partial charge in [0.25, 0.3) is 0 Å². The molecule has 0 heterocycles. The molecule has 5 nitrogen and oxygen atoms in total. The topological polar surface area (TPSA) is 75.6 Å². The number of nitrogens with one attached hydrogen (secondary N) is 1. The van der Waals surface area contributed by atoms with Crippen LogP contribution in [0.1, 0.15) is 19.8 Å². The molecule has 0 saturated heterocycles. The summed E-state index contributed by atoms with van der Waals surface area (Å²) in [5.41, 5.74) is 0. The number of ether oxygens (including phenoxy) is 1. The summed E-state index contributed by atoms with van der Waals surface area (Å²) >= 11 is 0. The van der Waals surface area contributed by atoms with E-state index in [4.69, 9.17) is 5.11 Å². The van der Waals surface area contributed by atoms with Crippen LogP contribution in [0.2, 0.25) is 0 Å². The highest BCUT2D eigenvalue weighted by atomic mass is 32.2. The van der Waals surface area contributed by atoms with Crippen molar-refractivity contribution >= 4 is 10.0 Å². The second-order valence-corrected chi connectivity index (χ2v) is 4.92. The highest BCUT2D eigenvalue weighted by Crippen LogP contribution is 1.99. The minimum Gasteiger partial charge on any atom is -0.396 e. The predicted octanol–water partition coefficient (Wildman–Crippen LogP) is -0.287. The largest absolute Gasteiger partial charge is 0.396 e. The van der Waals surface area contributed by atoms with Crippen LogP contribution in [0.3, 0.4) is 0 Å². The van der Waals surface area contributed by atoms with Crippen LogP contribution in [0.25, 0.3) is 0 Å². The van der Waals surface area contributed by atoms with Gasteiger partial charge in [0.15, 0.2) is 0 Å². The third-order valence-corrected chi connectivity index (χ3v) is 3.27. The molecule has 0 aliphatic rings. The van der Waals surface area contributed by atoms with Crippen LogP contribution >= 0.6 is 0 Å². The van der Waals surface area contributed by atoms with Crippen LogP contribution in [0.4, 0.5) is 0 Å². The van der Waals surface area contributed by atoms with Crippen molar-refractivity contribution in [2.75, 3.05) is 26.1 Å². The van der Waals surface area contributed by atoms with Gasteiger partial charge in [-0.1, -0.05) is 6.92 Å². The molecule has 0 bridgehead atoms. The van der Waals surface area contributed by atoms with Crippen molar-refractivity contribution in [3.63, 3.8) is 0 Å². The van der Waals surface area contributed by atoms with Gasteiger partial charge in [-0.3, -0.25) is 0 Å². The van der Waals surface area contributed by atoms with E-state index in [-0.39, 0.29) is 25.0 Å². The number of hydrogen-bond acceptors (Lipinski definition) is 4. The molecular weight excluding hydrogens is 206 g/mol. The van der Waals surface area contributed by atoms with Gasteiger partial charge in [0.2, 0.25) is 10.0 Å². The maximum absolute atomic E-state index is 11.4. The molecule has 0 spiro atoms. The van der Waals surface area contributed by atoms with E-state index in [1.165, 1.54) is 7.11 Å². The molecule has 0 aromatic heterocycles. The Labute approximate surface area is 85.5 Å². The van der Waals surface area contributed by atoms with Crippen molar-refractivity contribution in [3.05, 3.63) is 0 Å². The fourth-order valence-corrected chi connectivity index (χ4v) is 2.30. The van der Waals surface area contributed by atoms with Crippen molar-refractivity contribution < 1.29 is 18.3 Å². The molecule has 86 valence electrons. The first-order valence-corrected chi connectivity index (χ1v) is 6.30. The molecular formula is C8H19NO4S. The van der Waals surface area contributed by atoms with Crippen molar-refractivity contribution in [2.45, 2.75) is 25.8 Å². The Morgan fingerprint density at radius 2 is 2.14 bits per heavy atom. The molecule has 0 aromatic carbocycles. The van der Waals surface area contributed by atoms with Gasteiger partial charge in [-0.25, -0.2) is 13.1 Å². The molecule has 0 aliphatic carbocycles. The quantitative estimate of drug-likeness (QED) is 0.595. The Kier molecular flexibility index (Phi) is 7.08. The van der Waals surface area contributed by atoms with Gasteiger partial charge in [-0.15, -0.1) is 0 Å². The molecule has 0 fully saturated rings. The van der Waals surface area contributed by atoms with Crippen LogP contribution in [0.5, 0.6) is 0 Å². The summed E-state index contributed by atoms with van der Waals surface area (Å²) in [5, 5.41) is 8.68. The highest BCUT2D eigenvalue weighted by Gasteiger charge is 2.15. The molecule has 0 radical (unpaired) electrons. The first-order valence-electron chi connectivity index (χ1n) is 4.65. The lowest BCUT2D eigenvalue weighted by Gasteiger charge is -2.15. The Morgan fingerprint density at radius 3 is 2.57 bits per heavy atom. The zero-order valence-electron chi connectivity index (χ0n) is 8.69. The van der Waals surface area contributed by atoms with Crippen molar-refractivity contribution in [2.24, 2.45) is 0 Å². The lowest BCUT2D eigenvalue weighted by atomic mass is 10.2. The summed E-state index contributed by atoms with van der Waals surface area (Å²) in [5.74, 6) is -0.0363. The minimum atomic E-state index is -3.26. The molecule has 14 heavy (non-hydrogen) atoms. The summed E-state index contributed by atoms with van der Waals surface area (Å²) in [4.78, 5) is 0. The summed E-state index contributed by atoms with van der Waals surface area (Å²) in [6, 6.07) is -0.179. The van der Waals surface area contributed by atoms with E-state index in [2.05, 4.69) is 9.46 Å². The maximum atomic E-state index is 11.4. The number of aliphatic hydroxyl groups excluding tert-OH is 1. The highest BCUT2D eigenvalue weighted by molar-refractivity contribution is 7.89. The first-order chi connectivity index (χ1) is 6.55. The number of rotatable bonds is 8. The van der Waals surface area contributed by atoms with Gasteiger partial charge in [0.05, 0.1) is 12.4 Å². The normalized spacial score (nSPS) is 14.2. The SMILES string of the molecule is CCC(CCO)NS(=O)(=O)CCOC. The van der Waals surface area contributed by atoms with Crippen LogP contribution in [-0.2, 0) is 14.8 Å². The lowest BCUT2D eigenvalue weighted by Crippen LogP contribution is -2.37. The van der Waals surface area contributed by atoms with E-state index in [9.17, 15) is 8.42 Å². The summed E-state index contributed by atoms with van der Waals surface area (Å²) < 4.78 is 29.9. The van der Waals surface area contributed by atoms with Crippen molar-refractivity contribution in [1.29, 1.82) is 0 Å². The number of sulfonamides is 1. The van der Waals surface area contributed by atoms with Crippen LogP contribution in [0.15, 0.2) is 0 Å². The number of aliphatic hydroxyl groups is 1. The summed E-state index contributed by atoms with van der Waals surface area (Å²) in [7, 11) is -1.80. The van der Waals surface area contributed by atoms with E-state index in [1.54, 1.807) is 0 Å². The van der Waals surface area contributed by atoms with Crippen LogP contribution in [0, 0.1) is 0 Å². The van der Waals surface area contributed by atoms with Gasteiger partial charge in [0.1, 0.15) is 0 Å². The summed E-state index contributed by atoms with van der Waals surface area (Å²) in [6.07, 6.45) is 1.12. The van der Waals surface area contributed by atoms with Gasteiger partial charge >= 0.3 is 0 Å². The zero-order chi connectivity index (χ0) is 11.0. The monoisotopic (exact) mass is 225 g/mol. The third kappa shape index (κ3) is 6.31. The second-order valence-electron chi connectivity index (χ2n) is 3.05. The smallest absolute Gasteiger partial charge is 0.214 e. The van der Waals surface area contributed by atoms with Gasteiger partial charge < -0.3 is 9.84 Å². The predicted molar refractivity (Wildman–Crippen MR) is 54.6 cm³/mol. The second kappa shape index (κ2) is 7.17. The minimum absolute atomic E-state index is 0.00863. The Morgan fingerprint density at radius 1 is 1.50 bits per heavy atom. The van der Waals surface area contributed by atoms with Crippen LogP contribution in [-0.4, -0.2) is 45.6 Å². The molecule has 1 unspecified atom stereocenters. The number of methoxy groups -OCH3 is 1. The van der Waals surface area contributed by atoms with Gasteiger partial charge in [-0.2, -0.15) is 0 Å². The summed E-state index contributed by atoms with van der Waals surface area (Å²) in [6.45, 7) is 2.05. The fourth-order valence-electron chi connectivity index (χ4n) is 1.01. The van der Waals surface area contributed by atoms with Gasteiger partial charge in [-0.05, 0) is 12.8 Å².